The summed E-state index contributed by atoms with van der Waals surface area (Å²) in [6.07, 6.45) is 9.90. The molecule has 0 aliphatic heterocycles. The summed E-state index contributed by atoms with van der Waals surface area (Å²) in [7, 11) is 2.05. The number of nitrogen functional groups attached to an aromatic ring is 1. The molecule has 0 fully saturated rings. The monoisotopic (exact) mass is 396 g/mol. The fraction of sp³-hybridized carbons (Fsp3) is 0.0417. The molecule has 2 aromatic carbocycles. The molecule has 0 bridgehead atoms. The Kier molecular flexibility index (Phi) is 5.39. The summed E-state index contributed by atoms with van der Waals surface area (Å²) < 4.78 is 4.24. The summed E-state index contributed by atoms with van der Waals surface area (Å²) in [5.74, 6) is -0.279. The first-order valence-corrected chi connectivity index (χ1v) is 9.53. The minimum Gasteiger partial charge on any atom is -0.399 e. The highest BCUT2D eigenvalue weighted by Crippen LogP contribution is 2.10. The van der Waals surface area contributed by atoms with Crippen molar-refractivity contribution in [3.63, 3.8) is 0 Å². The van der Waals surface area contributed by atoms with Gasteiger partial charge < -0.3 is 5.73 Å². The zero-order valence-electron chi connectivity index (χ0n) is 16.6. The van der Waals surface area contributed by atoms with Crippen LogP contribution in [0.2, 0.25) is 0 Å². The molecule has 0 aliphatic carbocycles. The van der Waals surface area contributed by atoms with Gasteiger partial charge in [0.25, 0.3) is 11.6 Å². The lowest BCUT2D eigenvalue weighted by Gasteiger charge is -2.00. The van der Waals surface area contributed by atoms with E-state index >= 15 is 0 Å². The van der Waals surface area contributed by atoms with Crippen LogP contribution in [-0.4, -0.2) is 16.7 Å². The number of hydrazone groups is 1. The number of pyridine rings is 1. The van der Waals surface area contributed by atoms with Crippen molar-refractivity contribution in [2.24, 2.45) is 12.1 Å². The van der Waals surface area contributed by atoms with Gasteiger partial charge >= 0.3 is 0 Å². The van der Waals surface area contributed by atoms with E-state index in [1.54, 1.807) is 30.5 Å². The number of aryl methyl sites for hydroxylation is 1. The first-order chi connectivity index (χ1) is 14.6. The maximum atomic E-state index is 12.0. The third-order valence-electron chi connectivity index (χ3n) is 4.81. The molecular formula is C24H22N5O+. The summed E-state index contributed by atoms with van der Waals surface area (Å²) >= 11 is 0. The molecule has 6 heteroatoms. The van der Waals surface area contributed by atoms with Crippen molar-refractivity contribution in [1.82, 2.24) is 9.99 Å². The highest BCUT2D eigenvalue weighted by Gasteiger charge is 2.10. The zero-order chi connectivity index (χ0) is 20.9. The minimum absolute atomic E-state index is 0.279. The number of hydrogen-bond donors (Lipinski definition) is 2. The maximum Gasteiger partial charge on any atom is 0.286 e. The smallest absolute Gasteiger partial charge is 0.286 e. The largest absolute Gasteiger partial charge is 0.399 e. The van der Waals surface area contributed by atoms with E-state index in [9.17, 15) is 4.79 Å². The number of hydrogen-bond acceptors (Lipinski definition) is 3. The first kappa shape index (κ1) is 19.1. The zero-order valence-corrected chi connectivity index (χ0v) is 16.6. The van der Waals surface area contributed by atoms with Gasteiger partial charge in [-0.25, -0.2) is 14.4 Å². The lowest BCUT2D eigenvalue weighted by atomic mass is 10.1. The van der Waals surface area contributed by atoms with Crippen LogP contribution in [-0.2, 0) is 7.05 Å². The molecule has 0 aliphatic rings. The predicted molar refractivity (Wildman–Crippen MR) is 120 cm³/mol. The van der Waals surface area contributed by atoms with Gasteiger partial charge in [-0.3, -0.25) is 4.79 Å². The first-order valence-electron chi connectivity index (χ1n) is 9.53. The molecule has 0 unspecified atom stereocenters. The number of anilines is 1. The van der Waals surface area contributed by atoms with Crippen molar-refractivity contribution in [3.8, 4) is 0 Å². The number of aromatic nitrogens is 2. The molecule has 6 nitrogen and oxygen atoms in total. The van der Waals surface area contributed by atoms with Crippen molar-refractivity contribution in [1.29, 1.82) is 0 Å². The second-order valence-corrected chi connectivity index (χ2v) is 6.90. The van der Waals surface area contributed by atoms with Crippen LogP contribution in [0.1, 0.15) is 27.2 Å². The molecule has 30 heavy (non-hydrogen) atoms. The normalized spacial score (nSPS) is 11.5. The van der Waals surface area contributed by atoms with Gasteiger partial charge in [0.05, 0.1) is 19.5 Å². The summed E-state index contributed by atoms with van der Waals surface area (Å²) in [5.41, 5.74) is 13.5. The Bertz CT molecular complexity index is 1240. The lowest BCUT2D eigenvalue weighted by Crippen LogP contribution is -2.17. The van der Waals surface area contributed by atoms with Gasteiger partial charge in [-0.05, 0) is 47.5 Å². The Hall–Kier alpha value is -4.19. The van der Waals surface area contributed by atoms with Gasteiger partial charge in [-0.2, -0.15) is 5.10 Å². The summed E-state index contributed by atoms with van der Waals surface area (Å²) in [6.45, 7) is 0. The van der Waals surface area contributed by atoms with Crippen molar-refractivity contribution in [2.75, 3.05) is 5.73 Å². The van der Waals surface area contributed by atoms with Gasteiger partial charge in [0.2, 0.25) is 0 Å². The summed E-state index contributed by atoms with van der Waals surface area (Å²) in [4.78, 5) is 12.0. The van der Waals surface area contributed by atoms with E-state index < -0.39 is 0 Å². The second-order valence-electron chi connectivity index (χ2n) is 6.90. The van der Waals surface area contributed by atoms with Gasteiger partial charge in [0, 0.05) is 17.3 Å². The Morgan fingerprint density at radius 3 is 2.47 bits per heavy atom. The Balaban J connectivity index is 1.39. The van der Waals surface area contributed by atoms with Crippen molar-refractivity contribution >= 4 is 35.6 Å². The molecule has 0 radical (unpaired) electrons. The van der Waals surface area contributed by atoms with E-state index in [0.29, 0.717) is 11.3 Å². The molecule has 3 N–H and O–H groups in total. The fourth-order valence-electron chi connectivity index (χ4n) is 3.10. The van der Waals surface area contributed by atoms with Crippen LogP contribution in [0.5, 0.6) is 0 Å². The van der Waals surface area contributed by atoms with Gasteiger partial charge in [0.15, 0.2) is 5.69 Å². The van der Waals surface area contributed by atoms with Crippen LogP contribution in [0.3, 0.4) is 0 Å². The number of benzene rings is 2. The molecule has 148 valence electrons. The van der Waals surface area contributed by atoms with Gasteiger partial charge in [-0.15, -0.1) is 0 Å². The average Bonchev–Trinajstić information content (AvgIpc) is 3.09. The topological polar surface area (TPSA) is 76.5 Å². The van der Waals surface area contributed by atoms with Crippen LogP contribution >= 0.6 is 0 Å². The molecule has 4 rings (SSSR count). The SMILES string of the molecule is Cn1c(/C=C/c2ccc(/C=N/NC(=O)c3ccc(N)cc3)cc2)c[n+]2ccccc12. The highest BCUT2D eigenvalue weighted by atomic mass is 16.2. The van der Waals surface area contributed by atoms with Crippen molar-refractivity contribution in [3.05, 3.63) is 102 Å². The summed E-state index contributed by atoms with van der Waals surface area (Å²) in [6, 6.07) is 20.7. The number of rotatable bonds is 5. The fourth-order valence-corrected chi connectivity index (χ4v) is 3.10. The molecule has 2 heterocycles. The lowest BCUT2D eigenvalue weighted by molar-refractivity contribution is -0.510. The molecular weight excluding hydrogens is 374 g/mol. The number of carbonyl (C=O) groups is 1. The quantitative estimate of drug-likeness (QED) is 0.235. The van der Waals surface area contributed by atoms with E-state index in [1.165, 1.54) is 0 Å². The number of nitrogens with one attached hydrogen (secondary N) is 1. The second kappa shape index (κ2) is 8.45. The molecule has 2 aromatic heterocycles. The van der Waals surface area contributed by atoms with Crippen LogP contribution < -0.4 is 15.6 Å². The number of carbonyl (C=O) groups excluding carboxylic acids is 1. The molecule has 1 amide bonds. The van der Waals surface area contributed by atoms with Crippen LogP contribution in [0, 0.1) is 0 Å². The van der Waals surface area contributed by atoms with Crippen molar-refractivity contribution < 1.29 is 9.20 Å². The number of nitrogens with zero attached hydrogens (tertiary/aromatic N) is 3. The number of imidazole rings is 1. The number of amides is 1. The van der Waals surface area contributed by atoms with E-state index in [0.717, 1.165) is 22.5 Å². The van der Waals surface area contributed by atoms with E-state index in [-0.39, 0.29) is 5.91 Å². The minimum atomic E-state index is -0.279. The summed E-state index contributed by atoms with van der Waals surface area (Å²) in [5, 5.41) is 4.02. The predicted octanol–water partition coefficient (Wildman–Crippen LogP) is 3.28. The van der Waals surface area contributed by atoms with Crippen LogP contribution in [0.15, 0.2) is 84.2 Å². The number of nitrogens with two attached hydrogens (primary N) is 1. The molecule has 4 aromatic rings. The Morgan fingerprint density at radius 2 is 1.73 bits per heavy atom. The number of fused-ring (bicyclic) bond motifs is 1. The third-order valence-corrected chi connectivity index (χ3v) is 4.81. The van der Waals surface area contributed by atoms with E-state index in [1.807, 2.05) is 49.6 Å². The van der Waals surface area contributed by atoms with Crippen molar-refractivity contribution in [2.45, 2.75) is 0 Å². The maximum absolute atomic E-state index is 12.0. The van der Waals surface area contributed by atoms with Gasteiger partial charge in [-0.1, -0.05) is 36.4 Å². The van der Waals surface area contributed by atoms with E-state index in [2.05, 4.69) is 43.9 Å². The highest BCUT2D eigenvalue weighted by molar-refractivity contribution is 5.95. The standard InChI is InChI=1S/C24H21N5O/c1-28-22(17-29-15-3-2-4-23(28)29)14-9-18-5-7-19(8-6-18)16-26-27-24(30)20-10-12-21(25)13-11-20/h2-17H,1H3,(H2-,25,27,30)/p+1/b14-9+,26-16+. The molecule has 0 atom stereocenters. The molecule has 0 saturated carbocycles. The molecule has 0 saturated heterocycles. The van der Waals surface area contributed by atoms with Crippen LogP contribution in [0.4, 0.5) is 5.69 Å². The molecule has 0 spiro atoms. The van der Waals surface area contributed by atoms with Gasteiger partial charge in [0.1, 0.15) is 6.20 Å². The van der Waals surface area contributed by atoms with Crippen LogP contribution in [0.25, 0.3) is 17.8 Å². The Labute approximate surface area is 174 Å². The average molecular weight is 396 g/mol. The van der Waals surface area contributed by atoms with E-state index in [4.69, 9.17) is 5.73 Å². The Morgan fingerprint density at radius 1 is 1.00 bits per heavy atom. The third kappa shape index (κ3) is 4.28.